The summed E-state index contributed by atoms with van der Waals surface area (Å²) in [5.41, 5.74) is 9.00. The van der Waals surface area contributed by atoms with Gasteiger partial charge >= 0.3 is 0 Å². The number of fused-ring (bicyclic) bond motifs is 1. The second kappa shape index (κ2) is 4.25. The van der Waals surface area contributed by atoms with Gasteiger partial charge in [-0.2, -0.15) is 0 Å². The molecule has 1 nitrogen and oxygen atoms in total. The van der Waals surface area contributed by atoms with Crippen molar-refractivity contribution in [1.82, 2.24) is 4.90 Å². The highest BCUT2D eigenvalue weighted by Crippen LogP contribution is 2.61. The van der Waals surface area contributed by atoms with Crippen LogP contribution in [0.3, 0.4) is 0 Å². The van der Waals surface area contributed by atoms with Crippen LogP contribution in [0.25, 0.3) is 5.57 Å². The number of nitrogens with zero attached hydrogens (tertiary/aromatic N) is 1. The minimum Gasteiger partial charge on any atom is -0.289 e. The van der Waals surface area contributed by atoms with Gasteiger partial charge in [0.05, 0.1) is 10.9 Å². The Labute approximate surface area is 136 Å². The third-order valence-corrected chi connectivity index (χ3v) is 6.00. The van der Waals surface area contributed by atoms with Crippen LogP contribution in [-0.2, 0) is 5.54 Å². The van der Waals surface area contributed by atoms with Crippen LogP contribution in [0.15, 0.2) is 53.1 Å². The molecule has 1 heterocycles. The van der Waals surface area contributed by atoms with E-state index in [2.05, 4.69) is 48.4 Å². The largest absolute Gasteiger partial charge is 0.289 e. The number of likely N-dealkylation sites (N-methyl/N-ethyl adjacent to an activating group) is 1. The summed E-state index contributed by atoms with van der Waals surface area (Å²) < 4.78 is 0. The van der Waals surface area contributed by atoms with Crippen LogP contribution < -0.4 is 0 Å². The topological polar surface area (TPSA) is 3.24 Å². The molecular weight excluding hydrogens is 301 g/mol. The van der Waals surface area contributed by atoms with Gasteiger partial charge in [0.25, 0.3) is 0 Å². The van der Waals surface area contributed by atoms with E-state index in [0.29, 0.717) is 0 Å². The fourth-order valence-electron chi connectivity index (χ4n) is 4.80. The van der Waals surface area contributed by atoms with Crippen LogP contribution in [-0.4, -0.2) is 23.9 Å². The second-order valence-electron chi connectivity index (χ2n) is 6.32. The molecule has 3 heteroatoms. The van der Waals surface area contributed by atoms with E-state index in [-0.39, 0.29) is 23.3 Å². The van der Waals surface area contributed by atoms with Crippen molar-refractivity contribution in [3.8, 4) is 0 Å². The Kier molecular flexibility index (Phi) is 2.76. The summed E-state index contributed by atoms with van der Waals surface area (Å²) in [6, 6.07) is 8.96. The molecule has 1 aromatic carbocycles. The molecule has 2 unspecified atom stereocenters. The van der Waals surface area contributed by atoms with Crippen molar-refractivity contribution in [2.24, 2.45) is 0 Å². The van der Waals surface area contributed by atoms with Gasteiger partial charge < -0.3 is 0 Å². The van der Waals surface area contributed by atoms with Gasteiger partial charge in [-0.25, -0.2) is 0 Å². The molecule has 2 atom stereocenters. The molecule has 1 aliphatic heterocycles. The van der Waals surface area contributed by atoms with Crippen molar-refractivity contribution in [2.45, 2.75) is 23.8 Å². The van der Waals surface area contributed by atoms with Gasteiger partial charge in [0.15, 0.2) is 0 Å². The second-order valence-corrected chi connectivity index (χ2v) is 6.79. The molecule has 0 amide bonds. The van der Waals surface area contributed by atoms with E-state index in [1.54, 1.807) is 0 Å². The molecule has 108 valence electrons. The van der Waals surface area contributed by atoms with E-state index >= 15 is 0 Å². The lowest BCUT2D eigenvalue weighted by Crippen LogP contribution is -2.46. The third-order valence-electron chi connectivity index (χ3n) is 5.59. The lowest BCUT2D eigenvalue weighted by molar-refractivity contribution is 0.177. The van der Waals surface area contributed by atoms with Gasteiger partial charge in [0, 0.05) is 6.54 Å². The zero-order valence-corrected chi connectivity index (χ0v) is 13.5. The van der Waals surface area contributed by atoms with Crippen LogP contribution in [0, 0.1) is 0 Å². The maximum atomic E-state index is 6.56. The molecule has 1 spiro atoms. The fraction of sp³-hybridized carbons (Fsp3) is 0.333. The average molecular weight is 318 g/mol. The summed E-state index contributed by atoms with van der Waals surface area (Å²) in [6.07, 6.45) is 6.83. The summed E-state index contributed by atoms with van der Waals surface area (Å²) >= 11 is 6.56. The highest BCUT2D eigenvalue weighted by molar-refractivity contribution is 6.24. The maximum Gasteiger partial charge on any atom is 0.0748 e. The first-order valence-corrected chi connectivity index (χ1v) is 7.77. The number of rotatable bonds is 0. The van der Waals surface area contributed by atoms with Crippen molar-refractivity contribution in [3.63, 3.8) is 0 Å². The van der Waals surface area contributed by atoms with Gasteiger partial charge in [0.2, 0.25) is 0 Å². The van der Waals surface area contributed by atoms with Crippen LogP contribution in [0.2, 0.25) is 0 Å². The quantitative estimate of drug-likeness (QED) is 0.645. The molecule has 0 N–H and O–H groups in total. The smallest absolute Gasteiger partial charge is 0.0748 e. The Morgan fingerprint density at radius 3 is 2.95 bits per heavy atom. The Morgan fingerprint density at radius 1 is 1.29 bits per heavy atom. The zero-order valence-electron chi connectivity index (χ0n) is 11.9. The number of hydrogen-bond acceptors (Lipinski definition) is 1. The minimum atomic E-state index is 0. The zero-order chi connectivity index (χ0) is 13.5. The lowest BCUT2D eigenvalue weighted by atomic mass is 9.61. The molecule has 1 aromatic rings. The molecule has 2 bridgehead atoms. The van der Waals surface area contributed by atoms with Gasteiger partial charge in [-0.3, -0.25) is 4.90 Å². The number of hydrogen-bond donors (Lipinski definition) is 0. The summed E-state index contributed by atoms with van der Waals surface area (Å²) in [7, 11) is 2.26. The molecule has 4 aliphatic carbocycles. The van der Waals surface area contributed by atoms with E-state index in [9.17, 15) is 0 Å². The summed E-state index contributed by atoms with van der Waals surface area (Å²) in [5.74, 6) is 0. The summed E-state index contributed by atoms with van der Waals surface area (Å²) in [6.45, 7) is 0.999. The molecule has 0 saturated heterocycles. The normalized spacial score (nSPS) is 32.2. The van der Waals surface area contributed by atoms with E-state index in [4.69, 9.17) is 11.6 Å². The first-order valence-electron chi connectivity index (χ1n) is 7.34. The van der Waals surface area contributed by atoms with E-state index < -0.39 is 0 Å². The van der Waals surface area contributed by atoms with Gasteiger partial charge in [-0.15, -0.1) is 24.0 Å². The van der Waals surface area contributed by atoms with E-state index in [0.717, 1.165) is 6.54 Å². The van der Waals surface area contributed by atoms with Crippen LogP contribution in [0.1, 0.15) is 24.0 Å². The Hall–Kier alpha value is -1.02. The summed E-state index contributed by atoms with van der Waals surface area (Å²) in [4.78, 5) is 2.52. The van der Waals surface area contributed by atoms with Crippen molar-refractivity contribution in [1.29, 1.82) is 0 Å². The highest BCUT2D eigenvalue weighted by atomic mass is 35.5. The van der Waals surface area contributed by atoms with Crippen LogP contribution >= 0.6 is 24.0 Å². The number of benzene rings is 1. The number of halogens is 2. The third kappa shape index (κ3) is 1.38. The standard InChI is InChI=1S/C18H16ClN.ClH/c1-20-10-14-16(19)7-6-13-11-8-9-18(20,17(13)14)15-5-3-2-4-12(11)15;/h2-7,16H,8-10H2,1H3;1H. The molecule has 0 saturated carbocycles. The van der Waals surface area contributed by atoms with Crippen molar-refractivity contribution in [2.75, 3.05) is 13.6 Å². The fourth-order valence-corrected chi connectivity index (χ4v) is 5.05. The maximum absolute atomic E-state index is 6.56. The lowest BCUT2D eigenvalue weighted by Gasteiger charge is -2.49. The van der Waals surface area contributed by atoms with E-state index in [1.165, 1.54) is 46.3 Å². The van der Waals surface area contributed by atoms with Gasteiger partial charge in [-0.1, -0.05) is 36.4 Å². The number of alkyl halides is 1. The average Bonchev–Trinajstić information content (AvgIpc) is 2.79. The minimum absolute atomic E-state index is 0. The molecule has 6 rings (SSSR count). The predicted octanol–water partition coefficient (Wildman–Crippen LogP) is 4.28. The highest BCUT2D eigenvalue weighted by Gasteiger charge is 2.55. The molecule has 5 aliphatic rings. The first-order chi connectivity index (χ1) is 9.73. The predicted molar refractivity (Wildman–Crippen MR) is 90.0 cm³/mol. The van der Waals surface area contributed by atoms with Crippen molar-refractivity contribution in [3.05, 3.63) is 64.3 Å². The number of allylic oxidation sites excluding steroid dienone is 3. The molecule has 0 aromatic heterocycles. The van der Waals surface area contributed by atoms with Gasteiger partial charge in [0.1, 0.15) is 0 Å². The molecule has 21 heavy (non-hydrogen) atoms. The molecule has 0 fully saturated rings. The Balaban J connectivity index is 0.00000115. The summed E-state index contributed by atoms with van der Waals surface area (Å²) in [5, 5.41) is 0.0719. The van der Waals surface area contributed by atoms with Crippen LogP contribution in [0.5, 0.6) is 0 Å². The monoisotopic (exact) mass is 317 g/mol. The van der Waals surface area contributed by atoms with Crippen molar-refractivity contribution >= 4 is 29.6 Å². The Morgan fingerprint density at radius 2 is 2.10 bits per heavy atom. The molecular formula is C18H17Cl2N. The van der Waals surface area contributed by atoms with E-state index in [1.807, 2.05) is 0 Å². The Bertz CT molecular complexity index is 743. The van der Waals surface area contributed by atoms with Crippen molar-refractivity contribution < 1.29 is 0 Å². The first kappa shape index (κ1) is 13.6. The SMILES string of the molecule is CN1CC2=C3C(=C4CCC31c1ccccc14)C=CC2Cl.Cl. The molecule has 0 radical (unpaired) electrons. The van der Waals surface area contributed by atoms with Gasteiger partial charge in [-0.05, 0) is 53.3 Å². The van der Waals surface area contributed by atoms with Crippen LogP contribution in [0.4, 0.5) is 0 Å².